The molecule has 0 saturated heterocycles. The second-order valence-corrected chi connectivity index (χ2v) is 38.1. The maximum atomic E-state index is 6.33. The van der Waals surface area contributed by atoms with Gasteiger partial charge in [0.25, 0.3) is 0 Å². The number of aromatic nitrogens is 11. The Bertz CT molecular complexity index is 9140. The SMILES string of the molecule is CC1(C)c2ccc(-c3nc(-c4ccccc4)nc(-n4c5ccccc5c5ccccc54)n3)cc2-c2ccc3oc4ccccc4c3c21.CC1(C)c2ccc(-c3nc(-c4ccccc4)nc(-n4c5ccccc5c5ccccc54)n3)cc2-c2ccc3oc4ccccc4c3c21.CC1(C)c2cccc(-c3nc(-c4ccccc4)nc(-c4ccccc4-c4ccccc4)n3)c2-c2ccc3oc4ccccc4c3c21. The summed E-state index contributed by atoms with van der Waals surface area (Å²) in [5.74, 6) is 5.70. The average Bonchev–Trinajstić information content (AvgIpc) is 1.55. The number of rotatable bonds is 10. The summed E-state index contributed by atoms with van der Waals surface area (Å²) in [4.78, 5) is 46.3. The van der Waals surface area contributed by atoms with Gasteiger partial charge in [0.2, 0.25) is 11.9 Å². The molecule has 0 spiro atoms. The fraction of sp³-hybridized carbons (Fsp3) is 0.0714. The summed E-state index contributed by atoms with van der Waals surface area (Å²) in [5.41, 5.74) is 32.9. The number of benzene rings is 18. The number of para-hydroxylation sites is 7. The summed E-state index contributed by atoms with van der Waals surface area (Å²) < 4.78 is 23.2. The van der Waals surface area contributed by atoms with E-state index >= 15 is 0 Å². The van der Waals surface area contributed by atoms with Gasteiger partial charge in [-0.15, -0.1) is 0 Å². The van der Waals surface area contributed by atoms with Crippen LogP contribution in [0.15, 0.2) is 420 Å². The summed E-state index contributed by atoms with van der Waals surface area (Å²) in [6, 6.07) is 141. The Labute approximate surface area is 805 Å². The van der Waals surface area contributed by atoms with Crippen LogP contribution in [0.1, 0.15) is 74.9 Å². The minimum absolute atomic E-state index is 0.211. The fourth-order valence-corrected chi connectivity index (χ4v) is 22.7. The Kier molecular flexibility index (Phi) is 18.4. The van der Waals surface area contributed by atoms with Gasteiger partial charge in [0.05, 0.1) is 22.1 Å². The molecule has 0 atom stereocenters. The van der Waals surface area contributed by atoms with Crippen LogP contribution in [0, 0.1) is 0 Å². The van der Waals surface area contributed by atoms with Gasteiger partial charge in [-0.1, -0.05) is 375 Å². The standard InChI is InChI=1S/2C42H28N4O.C42H29N3O/c2*1-42(2)32-22-20-26(24-31(32)29-21-23-36-37(38(29)42)30-16-8-11-19-35(30)47-36)40-43-39(25-12-4-3-5-13-25)44-41(45-40)46-33-17-9-6-14-27(33)28-15-7-10-18-34(28)46;1-42(2)33-22-13-21-32(36(33)31-24-25-35-37(38(31)42)30-20-11-12-23-34(30)46-35)41-44-39(27-16-7-4-8-17-27)43-40(45-41)29-19-10-9-18-28(29)26-14-5-3-6-15-26/h2*3-24H,1-2H3;3-25H,1-2H3. The number of furan rings is 3. The number of nitrogens with zero attached hydrogens (tertiary/aromatic N) is 11. The first kappa shape index (κ1) is 81.5. The molecule has 0 unspecified atom stereocenters. The molecule has 0 saturated carbocycles. The Morgan fingerprint density at radius 3 is 0.886 bits per heavy atom. The topological polar surface area (TPSA) is 165 Å². The van der Waals surface area contributed by atoms with Crippen molar-refractivity contribution in [2.45, 2.75) is 57.8 Å². The molecule has 3 aliphatic rings. The molecule has 29 rings (SSSR count). The second kappa shape index (κ2) is 31.5. The van der Waals surface area contributed by atoms with Gasteiger partial charge in [-0.05, 0) is 151 Å². The molecule has 662 valence electrons. The van der Waals surface area contributed by atoms with Crippen LogP contribution in [-0.2, 0) is 16.2 Å². The highest BCUT2D eigenvalue weighted by molar-refractivity contribution is 6.16. The van der Waals surface area contributed by atoms with Crippen LogP contribution in [0.5, 0.6) is 0 Å². The lowest BCUT2D eigenvalue weighted by molar-refractivity contribution is 0.657. The fourth-order valence-electron chi connectivity index (χ4n) is 22.7. The van der Waals surface area contributed by atoms with E-state index in [0.717, 1.165) is 122 Å². The van der Waals surface area contributed by atoms with Crippen LogP contribution in [0.25, 0.3) is 246 Å². The Balaban J connectivity index is 0.000000105. The predicted molar refractivity (Wildman–Crippen MR) is 566 cm³/mol. The van der Waals surface area contributed by atoms with Crippen LogP contribution in [0.4, 0.5) is 0 Å². The van der Waals surface area contributed by atoms with E-state index in [9.17, 15) is 0 Å². The molecule has 8 aromatic heterocycles. The van der Waals surface area contributed by atoms with Gasteiger partial charge in [0, 0.05) is 109 Å². The highest BCUT2D eigenvalue weighted by atomic mass is 16.3. The minimum Gasteiger partial charge on any atom is -0.456 e. The van der Waals surface area contributed by atoms with Crippen LogP contribution < -0.4 is 0 Å². The summed E-state index contributed by atoms with van der Waals surface area (Å²) in [7, 11) is 0. The molecule has 0 aliphatic heterocycles. The van der Waals surface area contributed by atoms with Gasteiger partial charge >= 0.3 is 0 Å². The predicted octanol–water partition coefficient (Wildman–Crippen LogP) is 31.8. The van der Waals surface area contributed by atoms with E-state index in [4.69, 9.17) is 58.1 Å². The van der Waals surface area contributed by atoms with Gasteiger partial charge in [-0.3, -0.25) is 9.13 Å². The van der Waals surface area contributed by atoms with Crippen LogP contribution in [0.3, 0.4) is 0 Å². The van der Waals surface area contributed by atoms with Crippen LogP contribution in [-0.4, -0.2) is 54.0 Å². The van der Waals surface area contributed by atoms with Gasteiger partial charge in [-0.2, -0.15) is 19.9 Å². The maximum absolute atomic E-state index is 6.33. The van der Waals surface area contributed by atoms with Crippen LogP contribution >= 0.6 is 0 Å². The lowest BCUT2D eigenvalue weighted by Gasteiger charge is -2.22. The van der Waals surface area contributed by atoms with Crippen molar-refractivity contribution in [3.05, 3.63) is 440 Å². The normalized spacial score (nSPS) is 13.4. The van der Waals surface area contributed by atoms with Gasteiger partial charge in [0.15, 0.2) is 40.8 Å². The molecule has 14 nitrogen and oxygen atoms in total. The molecule has 0 fully saturated rings. The third-order valence-electron chi connectivity index (χ3n) is 29.0. The lowest BCUT2D eigenvalue weighted by Crippen LogP contribution is -2.15. The van der Waals surface area contributed by atoms with Crippen molar-refractivity contribution in [3.8, 4) is 136 Å². The number of fused-ring (bicyclic) bond motifs is 27. The molecule has 140 heavy (non-hydrogen) atoms. The van der Waals surface area contributed by atoms with E-state index in [1.54, 1.807) is 0 Å². The molecule has 0 amide bonds. The third-order valence-corrected chi connectivity index (χ3v) is 29.0. The molecule has 0 bridgehead atoms. The Hall–Kier alpha value is -18.0. The van der Waals surface area contributed by atoms with E-state index in [1.807, 2.05) is 91.0 Å². The quantitative estimate of drug-likeness (QED) is 0.127. The van der Waals surface area contributed by atoms with Crippen molar-refractivity contribution >= 4 is 109 Å². The van der Waals surface area contributed by atoms with Crippen molar-refractivity contribution in [2.75, 3.05) is 0 Å². The highest BCUT2D eigenvalue weighted by Crippen LogP contribution is 2.59. The third kappa shape index (κ3) is 12.8. The molecule has 18 aromatic carbocycles. The zero-order valence-corrected chi connectivity index (χ0v) is 77.3. The zero-order valence-electron chi connectivity index (χ0n) is 77.3. The van der Waals surface area contributed by atoms with Crippen molar-refractivity contribution in [3.63, 3.8) is 0 Å². The Morgan fingerprint density at radius 2 is 0.479 bits per heavy atom. The molecule has 14 heteroatoms. The summed E-state index contributed by atoms with van der Waals surface area (Å²) >= 11 is 0. The van der Waals surface area contributed by atoms with E-state index in [1.165, 1.54) is 104 Å². The first-order valence-corrected chi connectivity index (χ1v) is 47.6. The van der Waals surface area contributed by atoms with Crippen molar-refractivity contribution in [1.29, 1.82) is 0 Å². The van der Waals surface area contributed by atoms with E-state index in [2.05, 4.69) is 366 Å². The molecule has 0 N–H and O–H groups in total. The van der Waals surface area contributed by atoms with E-state index in [0.29, 0.717) is 52.7 Å². The lowest BCUT2D eigenvalue weighted by atomic mass is 9.80. The molecular formula is C126H85N11O3. The zero-order chi connectivity index (χ0) is 93.4. The maximum Gasteiger partial charge on any atom is 0.238 e. The van der Waals surface area contributed by atoms with E-state index < -0.39 is 0 Å². The highest BCUT2D eigenvalue weighted by Gasteiger charge is 2.43. The summed E-state index contributed by atoms with van der Waals surface area (Å²) in [6.45, 7) is 13.9. The van der Waals surface area contributed by atoms with Crippen LogP contribution in [0.2, 0.25) is 0 Å². The van der Waals surface area contributed by atoms with Crippen molar-refractivity contribution in [1.82, 2.24) is 54.0 Å². The van der Waals surface area contributed by atoms with E-state index in [-0.39, 0.29) is 16.2 Å². The monoisotopic (exact) mass is 1800 g/mol. The van der Waals surface area contributed by atoms with Crippen molar-refractivity contribution < 1.29 is 13.3 Å². The first-order chi connectivity index (χ1) is 68.7. The first-order valence-electron chi connectivity index (χ1n) is 47.6. The molecule has 26 aromatic rings. The smallest absolute Gasteiger partial charge is 0.238 e. The van der Waals surface area contributed by atoms with Crippen molar-refractivity contribution in [2.24, 2.45) is 0 Å². The minimum atomic E-state index is -0.259. The summed E-state index contributed by atoms with van der Waals surface area (Å²) in [6.07, 6.45) is 0. The molecule has 8 heterocycles. The number of hydrogen-bond acceptors (Lipinski definition) is 12. The molecule has 0 radical (unpaired) electrons. The molecular weight excluding hydrogens is 1720 g/mol. The number of hydrogen-bond donors (Lipinski definition) is 0. The largest absolute Gasteiger partial charge is 0.456 e. The molecule has 3 aliphatic carbocycles. The summed E-state index contributed by atoms with van der Waals surface area (Å²) in [5, 5.41) is 11.7. The average molecular weight is 1800 g/mol. The van der Waals surface area contributed by atoms with Gasteiger partial charge in [-0.25, -0.2) is 24.9 Å². The Morgan fingerprint density at radius 1 is 0.186 bits per heavy atom. The van der Waals surface area contributed by atoms with Gasteiger partial charge in [0.1, 0.15) is 33.5 Å². The van der Waals surface area contributed by atoms with Gasteiger partial charge < -0.3 is 13.3 Å². The second-order valence-electron chi connectivity index (χ2n) is 38.1.